The molecule has 1 aromatic rings. The Morgan fingerprint density at radius 2 is 1.92 bits per heavy atom. The lowest BCUT2D eigenvalue weighted by Crippen LogP contribution is -2.37. The summed E-state index contributed by atoms with van der Waals surface area (Å²) in [6.45, 7) is 6.90. The van der Waals surface area contributed by atoms with E-state index in [1.165, 1.54) is 0 Å². The van der Waals surface area contributed by atoms with E-state index in [0.717, 1.165) is 12.2 Å². The number of nitrogens with zero attached hydrogens (tertiary/aromatic N) is 1. The molecule has 0 radical (unpaired) electrons. The van der Waals surface area contributed by atoms with Gasteiger partial charge in [-0.1, -0.05) is 13.8 Å². The van der Waals surface area contributed by atoms with Crippen molar-refractivity contribution >= 4 is 0 Å². The first kappa shape index (κ1) is 9.84. The second-order valence-electron chi connectivity index (χ2n) is 3.41. The third-order valence-electron chi connectivity index (χ3n) is 2.09. The summed E-state index contributed by atoms with van der Waals surface area (Å²) in [7, 11) is 0. The first-order valence-corrected chi connectivity index (χ1v) is 4.51. The molecule has 0 aliphatic carbocycles. The fraction of sp³-hybridized carbons (Fsp3) is 0.500. The van der Waals surface area contributed by atoms with Crippen molar-refractivity contribution in [3.8, 4) is 11.5 Å². The van der Waals surface area contributed by atoms with Gasteiger partial charge in [0.2, 0.25) is 11.9 Å². The molecule has 0 saturated heterocycles. The topological polar surface area (TPSA) is 44.3 Å². The molecule has 1 aromatic heterocycles. The lowest BCUT2D eigenvalue weighted by atomic mass is 10.1. The van der Waals surface area contributed by atoms with Gasteiger partial charge in [-0.2, -0.15) is 4.57 Å². The van der Waals surface area contributed by atoms with E-state index in [4.69, 9.17) is 0 Å². The molecule has 0 fully saturated rings. The van der Waals surface area contributed by atoms with Crippen LogP contribution in [0.1, 0.15) is 32.4 Å². The van der Waals surface area contributed by atoms with E-state index in [-0.39, 0.29) is 11.5 Å². The zero-order chi connectivity index (χ0) is 10.0. The normalized spacial score (nSPS) is 10.8. The van der Waals surface area contributed by atoms with E-state index in [2.05, 4.69) is 13.8 Å². The smallest absolute Gasteiger partial charge is 0.223 e. The summed E-state index contributed by atoms with van der Waals surface area (Å²) in [4.78, 5) is 0. The molecule has 72 valence electrons. The fourth-order valence-electron chi connectivity index (χ4n) is 1.36. The maximum absolute atomic E-state index is 9.31. The van der Waals surface area contributed by atoms with Crippen molar-refractivity contribution in [1.82, 2.24) is 0 Å². The molecule has 2 N–H and O–H groups in total. The highest BCUT2D eigenvalue weighted by atomic mass is 16.3. The molecule has 3 nitrogen and oxygen atoms in total. The highest BCUT2D eigenvalue weighted by molar-refractivity contribution is 5.34. The Balaban J connectivity index is 3.25. The van der Waals surface area contributed by atoms with Crippen LogP contribution >= 0.6 is 0 Å². The Bertz CT molecular complexity index is 308. The molecular weight excluding hydrogens is 166 g/mol. The fourth-order valence-corrected chi connectivity index (χ4v) is 1.36. The molecule has 0 aliphatic rings. The SMILES string of the molecule is CC[n+]1cc(O)c(O)cc1C(C)C. The zero-order valence-electron chi connectivity index (χ0n) is 8.28. The van der Waals surface area contributed by atoms with Crippen molar-refractivity contribution in [2.45, 2.75) is 33.2 Å². The van der Waals surface area contributed by atoms with E-state index in [1.54, 1.807) is 12.3 Å². The number of hydrogen-bond donors (Lipinski definition) is 2. The van der Waals surface area contributed by atoms with Gasteiger partial charge in [0, 0.05) is 5.92 Å². The minimum Gasteiger partial charge on any atom is -0.504 e. The van der Waals surface area contributed by atoms with Crippen LogP contribution in [0.25, 0.3) is 0 Å². The van der Waals surface area contributed by atoms with Gasteiger partial charge in [-0.3, -0.25) is 0 Å². The second-order valence-corrected chi connectivity index (χ2v) is 3.41. The molecular formula is C10H16NO2+. The Morgan fingerprint density at radius 3 is 2.38 bits per heavy atom. The average molecular weight is 182 g/mol. The van der Waals surface area contributed by atoms with Crippen LogP contribution in [0.2, 0.25) is 0 Å². The van der Waals surface area contributed by atoms with Crippen LogP contribution in [-0.2, 0) is 6.54 Å². The minimum absolute atomic E-state index is 0.0478. The van der Waals surface area contributed by atoms with E-state index in [1.807, 2.05) is 11.5 Å². The van der Waals surface area contributed by atoms with Gasteiger partial charge in [-0.15, -0.1) is 0 Å². The molecule has 13 heavy (non-hydrogen) atoms. The van der Waals surface area contributed by atoms with Gasteiger partial charge in [0.15, 0.2) is 11.4 Å². The molecule has 0 saturated carbocycles. The van der Waals surface area contributed by atoms with Crippen LogP contribution in [0.5, 0.6) is 11.5 Å². The van der Waals surface area contributed by atoms with Crippen molar-refractivity contribution in [1.29, 1.82) is 0 Å². The summed E-state index contributed by atoms with van der Waals surface area (Å²) in [6.07, 6.45) is 1.56. The predicted molar refractivity (Wildman–Crippen MR) is 49.7 cm³/mol. The highest BCUT2D eigenvalue weighted by Gasteiger charge is 2.17. The van der Waals surface area contributed by atoms with Crippen LogP contribution in [0.4, 0.5) is 0 Å². The molecule has 0 bridgehead atoms. The van der Waals surface area contributed by atoms with Crippen LogP contribution in [0.15, 0.2) is 12.3 Å². The van der Waals surface area contributed by atoms with E-state index in [9.17, 15) is 10.2 Å². The molecule has 0 aliphatic heterocycles. The predicted octanol–water partition coefficient (Wildman–Crippen LogP) is 1.53. The van der Waals surface area contributed by atoms with Crippen LogP contribution < -0.4 is 4.57 Å². The molecule has 0 unspecified atom stereocenters. The largest absolute Gasteiger partial charge is 0.504 e. The van der Waals surface area contributed by atoms with Crippen molar-refractivity contribution in [3.63, 3.8) is 0 Å². The van der Waals surface area contributed by atoms with E-state index >= 15 is 0 Å². The Labute approximate surface area is 78.3 Å². The van der Waals surface area contributed by atoms with Crippen molar-refractivity contribution in [2.75, 3.05) is 0 Å². The third-order valence-corrected chi connectivity index (χ3v) is 2.09. The number of hydrogen-bond acceptors (Lipinski definition) is 2. The van der Waals surface area contributed by atoms with Gasteiger partial charge in [-0.25, -0.2) is 0 Å². The van der Waals surface area contributed by atoms with Crippen molar-refractivity contribution < 1.29 is 14.8 Å². The number of aromatic hydroxyl groups is 2. The minimum atomic E-state index is -0.0637. The van der Waals surface area contributed by atoms with Crippen LogP contribution in [0.3, 0.4) is 0 Å². The zero-order valence-corrected chi connectivity index (χ0v) is 8.28. The van der Waals surface area contributed by atoms with Crippen LogP contribution in [-0.4, -0.2) is 10.2 Å². The molecule has 0 amide bonds. The Hall–Kier alpha value is -1.25. The maximum Gasteiger partial charge on any atom is 0.223 e. The van der Waals surface area contributed by atoms with E-state index < -0.39 is 0 Å². The highest BCUT2D eigenvalue weighted by Crippen LogP contribution is 2.24. The second kappa shape index (κ2) is 3.64. The van der Waals surface area contributed by atoms with Crippen LogP contribution in [0, 0.1) is 0 Å². The summed E-state index contributed by atoms with van der Waals surface area (Å²) in [5, 5.41) is 18.6. The summed E-state index contributed by atoms with van der Waals surface area (Å²) in [5.74, 6) is 0.228. The molecule has 1 heterocycles. The summed E-state index contributed by atoms with van der Waals surface area (Å²) in [6, 6.07) is 1.61. The lowest BCUT2D eigenvalue weighted by Gasteiger charge is -2.06. The van der Waals surface area contributed by atoms with E-state index in [0.29, 0.717) is 5.92 Å². The third kappa shape index (κ3) is 1.91. The number of rotatable bonds is 2. The molecule has 0 aromatic carbocycles. The lowest BCUT2D eigenvalue weighted by molar-refractivity contribution is -0.702. The molecule has 0 spiro atoms. The van der Waals surface area contributed by atoms with Gasteiger partial charge in [0.25, 0.3) is 0 Å². The first-order chi connectivity index (χ1) is 6.06. The molecule has 0 atom stereocenters. The first-order valence-electron chi connectivity index (χ1n) is 4.51. The van der Waals surface area contributed by atoms with Crippen molar-refractivity contribution in [2.24, 2.45) is 0 Å². The summed E-state index contributed by atoms with van der Waals surface area (Å²) < 4.78 is 1.93. The Morgan fingerprint density at radius 1 is 1.31 bits per heavy atom. The van der Waals surface area contributed by atoms with Crippen molar-refractivity contribution in [3.05, 3.63) is 18.0 Å². The number of aromatic nitrogens is 1. The molecule has 3 heteroatoms. The average Bonchev–Trinajstić information content (AvgIpc) is 2.08. The van der Waals surface area contributed by atoms with Gasteiger partial charge < -0.3 is 10.2 Å². The van der Waals surface area contributed by atoms with Gasteiger partial charge in [0.1, 0.15) is 6.54 Å². The number of pyridine rings is 1. The summed E-state index contributed by atoms with van der Waals surface area (Å²) >= 11 is 0. The van der Waals surface area contributed by atoms with Gasteiger partial charge >= 0.3 is 0 Å². The maximum atomic E-state index is 9.31. The van der Waals surface area contributed by atoms with Gasteiger partial charge in [0.05, 0.1) is 6.07 Å². The molecule has 1 rings (SSSR count). The standard InChI is InChI=1S/C10H15NO2/c1-4-11-6-10(13)9(12)5-8(11)7(2)3/h5-7,13H,4H2,1-3H3/p+1. The Kier molecular flexibility index (Phi) is 2.76. The summed E-state index contributed by atoms with van der Waals surface area (Å²) in [5.41, 5.74) is 1.03. The quantitative estimate of drug-likeness (QED) is 0.681. The number of aryl methyl sites for hydroxylation is 1. The van der Waals surface area contributed by atoms with Gasteiger partial charge in [-0.05, 0) is 6.92 Å². The monoisotopic (exact) mass is 182 g/mol.